The fraction of sp³-hybridized carbons (Fsp3) is 0.0909. The number of carboxylic acids is 1. The zero-order chi connectivity index (χ0) is 12.4. The number of hydrogen-bond acceptors (Lipinski definition) is 4. The van der Waals surface area contributed by atoms with Gasteiger partial charge in [-0.15, -0.1) is 0 Å². The van der Waals surface area contributed by atoms with Gasteiger partial charge in [0.1, 0.15) is 11.5 Å². The van der Waals surface area contributed by atoms with Crippen molar-refractivity contribution in [1.29, 1.82) is 0 Å². The minimum absolute atomic E-state index is 0.0825. The quantitative estimate of drug-likeness (QED) is 0.845. The van der Waals surface area contributed by atoms with E-state index in [2.05, 4.69) is 4.98 Å². The van der Waals surface area contributed by atoms with E-state index >= 15 is 0 Å². The number of oxazole rings is 1. The molecule has 88 valence electrons. The van der Waals surface area contributed by atoms with Crippen molar-refractivity contribution in [1.82, 2.24) is 4.98 Å². The lowest BCUT2D eigenvalue weighted by molar-refractivity contribution is 0.0661. The smallest absolute Gasteiger partial charge is 0.373 e. The van der Waals surface area contributed by atoms with Crippen LogP contribution in [0.15, 0.2) is 28.7 Å². The molecule has 0 saturated heterocycles. The Morgan fingerprint density at radius 1 is 1.47 bits per heavy atom. The molecule has 0 unspecified atom stereocenters. The molecule has 0 radical (unpaired) electrons. The number of rotatable bonds is 3. The normalized spacial score (nSPS) is 10.5. The molecule has 0 amide bonds. The van der Waals surface area contributed by atoms with Gasteiger partial charge in [-0.3, -0.25) is 0 Å². The number of carboxylic acid groups (broad SMARTS) is 1. The number of carbonyl (C=O) groups is 1. The van der Waals surface area contributed by atoms with Gasteiger partial charge < -0.3 is 15.3 Å². The van der Waals surface area contributed by atoms with Crippen LogP contribution in [0.4, 0.5) is 4.39 Å². The van der Waals surface area contributed by atoms with Gasteiger partial charge in [-0.05, 0) is 12.1 Å². The van der Waals surface area contributed by atoms with Crippen LogP contribution in [0, 0.1) is 5.82 Å². The molecular formula is C11H9FN2O3. The molecule has 0 bridgehead atoms. The van der Waals surface area contributed by atoms with Gasteiger partial charge >= 0.3 is 5.97 Å². The summed E-state index contributed by atoms with van der Waals surface area (Å²) in [5.41, 5.74) is 5.54. The fourth-order valence-electron chi connectivity index (χ4n) is 1.41. The average molecular weight is 236 g/mol. The first-order valence-electron chi connectivity index (χ1n) is 4.81. The highest BCUT2D eigenvalue weighted by molar-refractivity contribution is 5.86. The molecule has 1 aromatic heterocycles. The summed E-state index contributed by atoms with van der Waals surface area (Å²) in [6.07, 6.45) is 0. The SMILES string of the molecule is NCc1nc(-c2ccccc2F)oc1C(=O)O. The molecule has 17 heavy (non-hydrogen) atoms. The summed E-state index contributed by atoms with van der Waals surface area (Å²) < 4.78 is 18.4. The van der Waals surface area contributed by atoms with Gasteiger partial charge in [0, 0.05) is 6.54 Å². The number of aromatic nitrogens is 1. The summed E-state index contributed by atoms with van der Waals surface area (Å²) in [5.74, 6) is -2.25. The molecule has 0 saturated carbocycles. The predicted octanol–water partition coefficient (Wildman–Crippen LogP) is 1.64. The van der Waals surface area contributed by atoms with Crippen molar-refractivity contribution in [3.63, 3.8) is 0 Å². The number of aromatic carboxylic acids is 1. The fourth-order valence-corrected chi connectivity index (χ4v) is 1.41. The first-order chi connectivity index (χ1) is 8.13. The third-order valence-electron chi connectivity index (χ3n) is 2.19. The standard InChI is InChI=1S/C11H9FN2O3/c12-7-4-2-1-3-6(7)10-14-8(5-13)9(17-10)11(15)16/h1-4H,5,13H2,(H,15,16). The third kappa shape index (κ3) is 2.02. The third-order valence-corrected chi connectivity index (χ3v) is 2.19. The molecule has 0 aliphatic rings. The van der Waals surface area contributed by atoms with Gasteiger partial charge in [0.25, 0.3) is 0 Å². The molecule has 0 spiro atoms. The highest BCUT2D eigenvalue weighted by atomic mass is 19.1. The monoisotopic (exact) mass is 236 g/mol. The summed E-state index contributed by atoms with van der Waals surface area (Å²) in [6, 6.07) is 5.81. The Labute approximate surface area is 95.7 Å². The van der Waals surface area contributed by atoms with E-state index in [4.69, 9.17) is 15.3 Å². The van der Waals surface area contributed by atoms with Gasteiger partial charge in [-0.1, -0.05) is 12.1 Å². The van der Waals surface area contributed by atoms with E-state index in [-0.39, 0.29) is 29.5 Å². The highest BCUT2D eigenvalue weighted by Gasteiger charge is 2.20. The molecule has 3 N–H and O–H groups in total. The lowest BCUT2D eigenvalue weighted by Crippen LogP contribution is -2.04. The van der Waals surface area contributed by atoms with E-state index in [0.29, 0.717) is 0 Å². The maximum Gasteiger partial charge on any atom is 0.373 e. The van der Waals surface area contributed by atoms with Crippen LogP contribution in [0.5, 0.6) is 0 Å². The number of nitrogens with zero attached hydrogens (tertiary/aromatic N) is 1. The molecule has 0 fully saturated rings. The van der Waals surface area contributed by atoms with E-state index in [1.807, 2.05) is 0 Å². The van der Waals surface area contributed by atoms with Crippen molar-refractivity contribution in [2.45, 2.75) is 6.54 Å². The molecule has 1 aromatic carbocycles. The molecule has 6 heteroatoms. The Bertz CT molecular complexity index is 566. The van der Waals surface area contributed by atoms with E-state index < -0.39 is 11.8 Å². The van der Waals surface area contributed by atoms with Crippen molar-refractivity contribution in [3.05, 3.63) is 41.5 Å². The number of nitrogens with two attached hydrogens (primary N) is 1. The molecule has 0 aliphatic carbocycles. The Hall–Kier alpha value is -2.21. The van der Waals surface area contributed by atoms with Gasteiger partial charge in [0.05, 0.1) is 5.56 Å². The largest absolute Gasteiger partial charge is 0.475 e. The zero-order valence-electron chi connectivity index (χ0n) is 8.68. The molecular weight excluding hydrogens is 227 g/mol. The number of halogens is 1. The van der Waals surface area contributed by atoms with Crippen molar-refractivity contribution >= 4 is 5.97 Å². The minimum Gasteiger partial charge on any atom is -0.475 e. The van der Waals surface area contributed by atoms with E-state index in [1.165, 1.54) is 18.2 Å². The Morgan fingerprint density at radius 3 is 2.71 bits per heavy atom. The van der Waals surface area contributed by atoms with Gasteiger partial charge in [0.15, 0.2) is 0 Å². The minimum atomic E-state index is -1.28. The second-order valence-corrected chi connectivity index (χ2v) is 3.28. The van der Waals surface area contributed by atoms with Crippen LogP contribution in [0.25, 0.3) is 11.5 Å². The first kappa shape index (κ1) is 11.3. The molecule has 5 nitrogen and oxygen atoms in total. The zero-order valence-corrected chi connectivity index (χ0v) is 8.68. The summed E-state index contributed by atoms with van der Waals surface area (Å²) in [6.45, 7) is -0.0837. The lowest BCUT2D eigenvalue weighted by atomic mass is 10.2. The van der Waals surface area contributed by atoms with Crippen molar-refractivity contribution < 1.29 is 18.7 Å². The van der Waals surface area contributed by atoms with Crippen molar-refractivity contribution in [3.8, 4) is 11.5 Å². The van der Waals surface area contributed by atoms with Gasteiger partial charge in [-0.25, -0.2) is 14.2 Å². The van der Waals surface area contributed by atoms with Crippen LogP contribution in [-0.4, -0.2) is 16.1 Å². The van der Waals surface area contributed by atoms with Crippen LogP contribution >= 0.6 is 0 Å². The molecule has 2 aromatic rings. The average Bonchev–Trinajstić information content (AvgIpc) is 2.73. The van der Waals surface area contributed by atoms with Crippen LogP contribution in [0.2, 0.25) is 0 Å². The van der Waals surface area contributed by atoms with Crippen LogP contribution in [0.3, 0.4) is 0 Å². The van der Waals surface area contributed by atoms with Crippen molar-refractivity contribution in [2.75, 3.05) is 0 Å². The van der Waals surface area contributed by atoms with Crippen molar-refractivity contribution in [2.24, 2.45) is 5.73 Å². The summed E-state index contributed by atoms with van der Waals surface area (Å²) >= 11 is 0. The van der Waals surface area contributed by atoms with E-state index in [9.17, 15) is 9.18 Å². The molecule has 0 atom stereocenters. The van der Waals surface area contributed by atoms with Crippen LogP contribution < -0.4 is 5.73 Å². The second kappa shape index (κ2) is 4.34. The molecule has 0 aliphatic heterocycles. The maximum atomic E-state index is 13.4. The predicted molar refractivity (Wildman–Crippen MR) is 56.7 cm³/mol. The van der Waals surface area contributed by atoms with Crippen LogP contribution in [0.1, 0.15) is 16.2 Å². The lowest BCUT2D eigenvalue weighted by Gasteiger charge is -1.95. The van der Waals surface area contributed by atoms with E-state index in [1.54, 1.807) is 6.07 Å². The Morgan fingerprint density at radius 2 is 2.18 bits per heavy atom. The van der Waals surface area contributed by atoms with Gasteiger partial charge in [0.2, 0.25) is 11.7 Å². The molecule has 2 rings (SSSR count). The topological polar surface area (TPSA) is 89.4 Å². The number of benzene rings is 1. The molecule has 1 heterocycles. The number of hydrogen-bond donors (Lipinski definition) is 2. The Kier molecular flexibility index (Phi) is 2.88. The summed E-state index contributed by atoms with van der Waals surface area (Å²) in [4.78, 5) is 14.7. The van der Waals surface area contributed by atoms with Crippen LogP contribution in [-0.2, 0) is 6.54 Å². The Balaban J connectivity index is 2.54. The van der Waals surface area contributed by atoms with E-state index in [0.717, 1.165) is 0 Å². The first-order valence-corrected chi connectivity index (χ1v) is 4.81. The maximum absolute atomic E-state index is 13.4. The second-order valence-electron chi connectivity index (χ2n) is 3.28. The highest BCUT2D eigenvalue weighted by Crippen LogP contribution is 2.24. The summed E-state index contributed by atoms with van der Waals surface area (Å²) in [5, 5.41) is 8.84. The summed E-state index contributed by atoms with van der Waals surface area (Å²) in [7, 11) is 0. The van der Waals surface area contributed by atoms with Gasteiger partial charge in [-0.2, -0.15) is 0 Å².